The van der Waals surface area contributed by atoms with Gasteiger partial charge in [-0.05, 0) is 43.0 Å². The van der Waals surface area contributed by atoms with Crippen LogP contribution < -0.4 is 0 Å². The van der Waals surface area contributed by atoms with Crippen molar-refractivity contribution in [3.8, 4) is 0 Å². The minimum atomic E-state index is -0.334. The molecule has 1 fully saturated rings. The maximum absolute atomic E-state index is 11.8. The number of nitrogens with zero attached hydrogens (tertiary/aromatic N) is 1. The molecule has 1 aromatic heterocycles. The number of benzene rings is 1. The van der Waals surface area contributed by atoms with Crippen LogP contribution in [0, 0.1) is 0 Å². The summed E-state index contributed by atoms with van der Waals surface area (Å²) in [5, 5.41) is 0.825. The first-order chi connectivity index (χ1) is 9.79. The Morgan fingerprint density at radius 3 is 3.00 bits per heavy atom. The zero-order valence-corrected chi connectivity index (χ0v) is 11.5. The summed E-state index contributed by atoms with van der Waals surface area (Å²) < 4.78 is 10.6. The van der Waals surface area contributed by atoms with Gasteiger partial charge in [-0.25, -0.2) is 4.79 Å². The van der Waals surface area contributed by atoms with Gasteiger partial charge in [0.15, 0.2) is 0 Å². The Morgan fingerprint density at radius 2 is 2.25 bits per heavy atom. The number of ether oxygens (including phenoxy) is 2. The van der Waals surface area contributed by atoms with Crippen molar-refractivity contribution in [2.24, 2.45) is 0 Å². The standard InChI is InChI=1S/C16H17NO3/c1-19-16(18)12-7-8-17-14-6-5-11(10-13(12)14)15-4-2-3-9-20-15/h5-8,10,15H,2-4,9H2,1H3/t15-/m1/s1. The highest BCUT2D eigenvalue weighted by molar-refractivity contribution is 6.03. The maximum atomic E-state index is 11.8. The normalized spacial score (nSPS) is 18.9. The highest BCUT2D eigenvalue weighted by atomic mass is 16.5. The second-order valence-corrected chi connectivity index (χ2v) is 4.98. The van der Waals surface area contributed by atoms with Crippen molar-refractivity contribution in [3.63, 3.8) is 0 Å². The van der Waals surface area contributed by atoms with E-state index in [2.05, 4.69) is 4.98 Å². The highest BCUT2D eigenvalue weighted by Crippen LogP contribution is 2.30. The smallest absolute Gasteiger partial charge is 0.338 e. The van der Waals surface area contributed by atoms with E-state index in [1.54, 1.807) is 12.3 Å². The number of methoxy groups -OCH3 is 1. The topological polar surface area (TPSA) is 48.4 Å². The van der Waals surface area contributed by atoms with Crippen molar-refractivity contribution in [2.45, 2.75) is 25.4 Å². The van der Waals surface area contributed by atoms with E-state index in [1.807, 2.05) is 18.2 Å². The Bertz CT molecular complexity index is 633. The van der Waals surface area contributed by atoms with Gasteiger partial charge in [0.05, 0.1) is 24.3 Å². The van der Waals surface area contributed by atoms with Gasteiger partial charge in [-0.3, -0.25) is 4.98 Å². The zero-order valence-electron chi connectivity index (χ0n) is 11.5. The molecule has 0 aliphatic carbocycles. The molecule has 0 bridgehead atoms. The van der Waals surface area contributed by atoms with Crippen molar-refractivity contribution >= 4 is 16.9 Å². The second-order valence-electron chi connectivity index (χ2n) is 4.98. The second kappa shape index (κ2) is 5.59. The molecular weight excluding hydrogens is 254 g/mol. The Kier molecular flexibility index (Phi) is 3.65. The molecule has 0 spiro atoms. The fraction of sp³-hybridized carbons (Fsp3) is 0.375. The summed E-state index contributed by atoms with van der Waals surface area (Å²) >= 11 is 0. The molecule has 1 aliphatic heterocycles. The lowest BCUT2D eigenvalue weighted by Crippen LogP contribution is -2.11. The minimum absolute atomic E-state index is 0.124. The highest BCUT2D eigenvalue weighted by Gasteiger charge is 2.18. The molecule has 20 heavy (non-hydrogen) atoms. The third-order valence-corrected chi connectivity index (χ3v) is 3.72. The summed E-state index contributed by atoms with van der Waals surface area (Å²) in [6, 6.07) is 7.67. The lowest BCUT2D eigenvalue weighted by molar-refractivity contribution is 0.0150. The van der Waals surface area contributed by atoms with Crippen molar-refractivity contribution in [3.05, 3.63) is 41.6 Å². The van der Waals surface area contributed by atoms with Crippen LogP contribution in [-0.4, -0.2) is 24.7 Å². The summed E-state index contributed by atoms with van der Waals surface area (Å²) in [6.07, 6.45) is 5.09. The Labute approximate surface area is 117 Å². The molecular formula is C16H17NO3. The van der Waals surface area contributed by atoms with Gasteiger partial charge in [0.1, 0.15) is 0 Å². The predicted octanol–water partition coefficient (Wildman–Crippen LogP) is 3.26. The summed E-state index contributed by atoms with van der Waals surface area (Å²) in [6.45, 7) is 0.805. The largest absolute Gasteiger partial charge is 0.465 e. The molecule has 0 radical (unpaired) electrons. The molecule has 2 heterocycles. The molecule has 0 N–H and O–H groups in total. The number of rotatable bonds is 2. The van der Waals surface area contributed by atoms with Gasteiger partial charge in [0.25, 0.3) is 0 Å². The van der Waals surface area contributed by atoms with Crippen molar-refractivity contribution in [2.75, 3.05) is 13.7 Å². The van der Waals surface area contributed by atoms with Crippen LogP contribution in [0.25, 0.3) is 10.9 Å². The molecule has 0 amide bonds. The molecule has 3 rings (SSSR count). The Balaban J connectivity index is 2.06. The number of fused-ring (bicyclic) bond motifs is 1. The summed E-state index contributed by atoms with van der Waals surface area (Å²) in [5.41, 5.74) is 2.46. The Morgan fingerprint density at radius 1 is 1.35 bits per heavy atom. The molecule has 0 unspecified atom stereocenters. The van der Waals surface area contributed by atoms with E-state index in [-0.39, 0.29) is 12.1 Å². The summed E-state index contributed by atoms with van der Waals surface area (Å²) in [5.74, 6) is -0.334. The molecule has 0 saturated carbocycles. The van der Waals surface area contributed by atoms with E-state index in [9.17, 15) is 4.79 Å². The van der Waals surface area contributed by atoms with Crippen LogP contribution in [-0.2, 0) is 9.47 Å². The zero-order chi connectivity index (χ0) is 13.9. The van der Waals surface area contributed by atoms with Crippen LogP contribution in [0.4, 0.5) is 0 Å². The third-order valence-electron chi connectivity index (χ3n) is 3.72. The maximum Gasteiger partial charge on any atom is 0.338 e. The van der Waals surface area contributed by atoms with Crippen LogP contribution in [0.15, 0.2) is 30.5 Å². The average molecular weight is 271 g/mol. The lowest BCUT2D eigenvalue weighted by atomic mass is 9.98. The van der Waals surface area contributed by atoms with Crippen LogP contribution in [0.3, 0.4) is 0 Å². The molecule has 2 aromatic rings. The van der Waals surface area contributed by atoms with E-state index in [0.29, 0.717) is 5.56 Å². The number of hydrogen-bond acceptors (Lipinski definition) is 4. The van der Waals surface area contributed by atoms with Crippen LogP contribution in [0.5, 0.6) is 0 Å². The first-order valence-corrected chi connectivity index (χ1v) is 6.88. The van der Waals surface area contributed by atoms with Gasteiger partial charge < -0.3 is 9.47 Å². The van der Waals surface area contributed by atoms with Gasteiger partial charge >= 0.3 is 5.97 Å². The van der Waals surface area contributed by atoms with Crippen molar-refractivity contribution in [1.82, 2.24) is 4.98 Å². The average Bonchev–Trinajstić information content (AvgIpc) is 2.54. The van der Waals surface area contributed by atoms with Gasteiger partial charge in [0, 0.05) is 18.2 Å². The molecule has 1 aromatic carbocycles. The third kappa shape index (κ3) is 2.39. The van der Waals surface area contributed by atoms with Crippen LogP contribution >= 0.6 is 0 Å². The van der Waals surface area contributed by atoms with Crippen LogP contribution in [0.2, 0.25) is 0 Å². The molecule has 104 valence electrons. The van der Waals surface area contributed by atoms with Gasteiger partial charge in [0.2, 0.25) is 0 Å². The van der Waals surface area contributed by atoms with Crippen molar-refractivity contribution < 1.29 is 14.3 Å². The predicted molar refractivity (Wildman–Crippen MR) is 75.6 cm³/mol. The first-order valence-electron chi connectivity index (χ1n) is 6.88. The lowest BCUT2D eigenvalue weighted by Gasteiger charge is -2.23. The van der Waals surface area contributed by atoms with E-state index in [1.165, 1.54) is 13.5 Å². The quantitative estimate of drug-likeness (QED) is 0.787. The fourth-order valence-electron chi connectivity index (χ4n) is 2.66. The molecule has 1 saturated heterocycles. The molecule has 1 aliphatic rings. The summed E-state index contributed by atoms with van der Waals surface area (Å²) in [7, 11) is 1.39. The van der Waals surface area contributed by atoms with Gasteiger partial charge in [-0.15, -0.1) is 0 Å². The van der Waals surface area contributed by atoms with E-state index in [0.717, 1.165) is 35.9 Å². The number of carbonyl (C=O) groups is 1. The van der Waals surface area contributed by atoms with Crippen LogP contribution in [0.1, 0.15) is 41.3 Å². The number of hydrogen-bond donors (Lipinski definition) is 0. The number of esters is 1. The fourth-order valence-corrected chi connectivity index (χ4v) is 2.66. The van der Waals surface area contributed by atoms with Crippen molar-refractivity contribution in [1.29, 1.82) is 0 Å². The summed E-state index contributed by atoms with van der Waals surface area (Å²) in [4.78, 5) is 16.1. The first kappa shape index (κ1) is 13.1. The number of pyridine rings is 1. The number of carbonyl (C=O) groups excluding carboxylic acids is 1. The number of aromatic nitrogens is 1. The van der Waals surface area contributed by atoms with E-state index in [4.69, 9.17) is 9.47 Å². The molecule has 1 atom stereocenters. The minimum Gasteiger partial charge on any atom is -0.465 e. The SMILES string of the molecule is COC(=O)c1ccnc2ccc([C@H]3CCCCO3)cc12. The van der Waals surface area contributed by atoms with E-state index < -0.39 is 0 Å². The van der Waals surface area contributed by atoms with Gasteiger partial charge in [-0.1, -0.05) is 6.07 Å². The monoisotopic (exact) mass is 271 g/mol. The van der Waals surface area contributed by atoms with E-state index >= 15 is 0 Å². The van der Waals surface area contributed by atoms with Gasteiger partial charge in [-0.2, -0.15) is 0 Å². The molecule has 4 nitrogen and oxygen atoms in total. The Hall–Kier alpha value is -1.94. The molecule has 4 heteroatoms.